The fraction of sp³-hybridized carbons (Fsp3) is 0.190. The van der Waals surface area contributed by atoms with Crippen LogP contribution in [-0.4, -0.2) is 41.5 Å². The van der Waals surface area contributed by atoms with Gasteiger partial charge in [0.15, 0.2) is 5.82 Å². The zero-order chi connectivity index (χ0) is 18.1. The Hall–Kier alpha value is -2.83. The topological polar surface area (TPSA) is 51.1 Å². The number of aromatic nitrogens is 3. The van der Waals surface area contributed by atoms with Crippen molar-refractivity contribution < 1.29 is 4.74 Å². The number of anilines is 1. The molecule has 0 amide bonds. The van der Waals surface area contributed by atoms with Crippen molar-refractivity contribution in [1.29, 1.82) is 0 Å². The molecule has 1 aliphatic rings. The highest BCUT2D eigenvalue weighted by Gasteiger charge is 2.19. The van der Waals surface area contributed by atoms with Crippen LogP contribution in [0.4, 0.5) is 5.82 Å². The lowest BCUT2D eigenvalue weighted by Crippen LogP contribution is -2.37. The third kappa shape index (κ3) is 3.07. The van der Waals surface area contributed by atoms with Crippen molar-refractivity contribution in [3.05, 3.63) is 60.2 Å². The van der Waals surface area contributed by atoms with E-state index in [1.54, 1.807) is 17.5 Å². The van der Waals surface area contributed by atoms with E-state index in [4.69, 9.17) is 4.74 Å². The average Bonchev–Trinajstić information content (AvgIpc) is 3.28. The van der Waals surface area contributed by atoms with E-state index < -0.39 is 0 Å². The molecule has 1 aliphatic heterocycles. The summed E-state index contributed by atoms with van der Waals surface area (Å²) in [5, 5.41) is 13.5. The molecule has 0 radical (unpaired) electrons. The second-order valence-corrected chi connectivity index (χ2v) is 7.40. The van der Waals surface area contributed by atoms with Crippen molar-refractivity contribution in [3.8, 4) is 21.7 Å². The maximum atomic E-state index is 5.50. The summed E-state index contributed by atoms with van der Waals surface area (Å²) in [5.41, 5.74) is 3.17. The molecule has 0 spiro atoms. The molecular weight excluding hydrogens is 356 g/mol. The van der Waals surface area contributed by atoms with Gasteiger partial charge in [0, 0.05) is 41.8 Å². The quantitative estimate of drug-likeness (QED) is 0.536. The zero-order valence-electron chi connectivity index (χ0n) is 14.7. The van der Waals surface area contributed by atoms with Gasteiger partial charge in [-0.3, -0.25) is 4.98 Å². The summed E-state index contributed by atoms with van der Waals surface area (Å²) >= 11 is 1.69. The van der Waals surface area contributed by atoms with Gasteiger partial charge in [-0.25, -0.2) is 0 Å². The highest BCUT2D eigenvalue weighted by molar-refractivity contribution is 7.13. The van der Waals surface area contributed by atoms with E-state index in [0.29, 0.717) is 0 Å². The summed E-state index contributed by atoms with van der Waals surface area (Å²) in [7, 11) is 0. The van der Waals surface area contributed by atoms with Gasteiger partial charge in [0.25, 0.3) is 0 Å². The number of ether oxygens (including phenoxy) is 1. The molecule has 1 aromatic carbocycles. The molecule has 0 unspecified atom stereocenters. The minimum Gasteiger partial charge on any atom is -0.378 e. The molecule has 0 atom stereocenters. The number of rotatable bonds is 3. The third-order valence-electron chi connectivity index (χ3n) is 4.82. The van der Waals surface area contributed by atoms with Gasteiger partial charge >= 0.3 is 0 Å². The van der Waals surface area contributed by atoms with Crippen LogP contribution in [-0.2, 0) is 4.74 Å². The van der Waals surface area contributed by atoms with Crippen LogP contribution in [0, 0.1) is 0 Å². The van der Waals surface area contributed by atoms with Crippen LogP contribution in [0.2, 0.25) is 0 Å². The van der Waals surface area contributed by atoms with Crippen molar-refractivity contribution in [2.45, 2.75) is 0 Å². The molecule has 134 valence electrons. The summed E-state index contributed by atoms with van der Waals surface area (Å²) in [6, 6.07) is 14.7. The molecule has 0 bridgehead atoms. The lowest BCUT2D eigenvalue weighted by molar-refractivity contribution is 0.122. The fourth-order valence-corrected chi connectivity index (χ4v) is 4.18. The number of benzene rings is 1. The molecule has 4 aromatic rings. The molecule has 3 aromatic heterocycles. The number of hydrogen-bond acceptors (Lipinski definition) is 6. The van der Waals surface area contributed by atoms with Crippen molar-refractivity contribution in [2.24, 2.45) is 0 Å². The highest BCUT2D eigenvalue weighted by Crippen LogP contribution is 2.36. The number of thiophene rings is 1. The van der Waals surface area contributed by atoms with Crippen LogP contribution in [0.15, 0.2) is 60.2 Å². The van der Waals surface area contributed by atoms with Gasteiger partial charge < -0.3 is 9.64 Å². The molecule has 5 nitrogen and oxygen atoms in total. The minimum atomic E-state index is 0.726. The highest BCUT2D eigenvalue weighted by atomic mass is 32.1. The molecule has 6 heteroatoms. The Bertz CT molecular complexity index is 1060. The van der Waals surface area contributed by atoms with E-state index >= 15 is 0 Å². The Kier molecular flexibility index (Phi) is 4.27. The average molecular weight is 374 g/mol. The molecule has 0 N–H and O–H groups in total. The van der Waals surface area contributed by atoms with Crippen LogP contribution in [0.3, 0.4) is 0 Å². The Morgan fingerprint density at radius 1 is 0.926 bits per heavy atom. The maximum absolute atomic E-state index is 5.50. The van der Waals surface area contributed by atoms with Gasteiger partial charge in [-0.2, -0.15) is 0 Å². The molecule has 5 rings (SSSR count). The second kappa shape index (κ2) is 7.06. The van der Waals surface area contributed by atoms with Crippen molar-refractivity contribution in [3.63, 3.8) is 0 Å². The van der Waals surface area contributed by atoms with Crippen LogP contribution in [0.25, 0.3) is 32.5 Å². The normalized spacial score (nSPS) is 14.6. The Morgan fingerprint density at radius 3 is 2.63 bits per heavy atom. The first-order valence-electron chi connectivity index (χ1n) is 8.97. The lowest BCUT2D eigenvalue weighted by Gasteiger charge is -2.28. The van der Waals surface area contributed by atoms with Gasteiger partial charge in [-0.15, -0.1) is 21.5 Å². The maximum Gasteiger partial charge on any atom is 0.159 e. The predicted molar refractivity (Wildman–Crippen MR) is 109 cm³/mol. The molecule has 1 saturated heterocycles. The molecule has 0 saturated carbocycles. The first-order chi connectivity index (χ1) is 13.4. The lowest BCUT2D eigenvalue weighted by atomic mass is 10.0. The molecule has 27 heavy (non-hydrogen) atoms. The van der Waals surface area contributed by atoms with E-state index in [1.165, 1.54) is 0 Å². The number of pyridine rings is 1. The Balaban J connectivity index is 1.72. The van der Waals surface area contributed by atoms with E-state index in [9.17, 15) is 0 Å². The SMILES string of the molecule is c1cncc(-c2ccc3c(N4CCOCC4)nnc(-c4cccs4)c3c2)c1. The Morgan fingerprint density at radius 2 is 1.85 bits per heavy atom. The summed E-state index contributed by atoms with van der Waals surface area (Å²) in [5.74, 6) is 0.936. The van der Waals surface area contributed by atoms with Gasteiger partial charge in [0.1, 0.15) is 5.69 Å². The van der Waals surface area contributed by atoms with Crippen molar-refractivity contribution in [2.75, 3.05) is 31.2 Å². The van der Waals surface area contributed by atoms with Gasteiger partial charge in [-0.1, -0.05) is 18.2 Å². The summed E-state index contributed by atoms with van der Waals surface area (Å²) in [6.45, 7) is 3.13. The Labute approximate surface area is 161 Å². The molecule has 4 heterocycles. The summed E-state index contributed by atoms with van der Waals surface area (Å²) in [6.07, 6.45) is 3.69. The van der Waals surface area contributed by atoms with Gasteiger partial charge in [0.05, 0.1) is 18.1 Å². The van der Waals surface area contributed by atoms with Crippen LogP contribution in [0.1, 0.15) is 0 Å². The molecule has 1 fully saturated rings. The number of morpholine rings is 1. The zero-order valence-corrected chi connectivity index (χ0v) is 15.5. The predicted octanol–water partition coefficient (Wildman–Crippen LogP) is 4.26. The van der Waals surface area contributed by atoms with Crippen LogP contribution in [0.5, 0.6) is 0 Å². The number of fused-ring (bicyclic) bond motifs is 1. The smallest absolute Gasteiger partial charge is 0.159 e. The van der Waals surface area contributed by atoms with Crippen LogP contribution < -0.4 is 4.90 Å². The first-order valence-corrected chi connectivity index (χ1v) is 9.85. The second-order valence-electron chi connectivity index (χ2n) is 6.45. The van der Waals surface area contributed by atoms with Crippen molar-refractivity contribution >= 4 is 27.9 Å². The first kappa shape index (κ1) is 16.4. The molecule has 0 aliphatic carbocycles. The molecular formula is C21H18N4OS. The number of hydrogen-bond donors (Lipinski definition) is 0. The van der Waals surface area contributed by atoms with E-state index in [1.807, 2.05) is 18.3 Å². The van der Waals surface area contributed by atoms with E-state index in [-0.39, 0.29) is 0 Å². The van der Waals surface area contributed by atoms with Crippen LogP contribution >= 0.6 is 11.3 Å². The minimum absolute atomic E-state index is 0.726. The standard InChI is InChI=1S/C21H18N4OS/c1-3-16(14-22-7-1)15-5-6-17-18(13-15)20(19-4-2-12-27-19)23-24-21(17)25-8-10-26-11-9-25/h1-7,12-14H,8-11H2. The fourth-order valence-electron chi connectivity index (χ4n) is 3.46. The third-order valence-corrected chi connectivity index (χ3v) is 5.70. The van der Waals surface area contributed by atoms with E-state index in [2.05, 4.69) is 55.8 Å². The summed E-state index contributed by atoms with van der Waals surface area (Å²) < 4.78 is 5.50. The summed E-state index contributed by atoms with van der Waals surface area (Å²) in [4.78, 5) is 7.65. The number of nitrogens with zero attached hydrogens (tertiary/aromatic N) is 4. The van der Waals surface area contributed by atoms with Gasteiger partial charge in [0.2, 0.25) is 0 Å². The van der Waals surface area contributed by atoms with E-state index in [0.717, 1.165) is 64.6 Å². The monoisotopic (exact) mass is 374 g/mol. The van der Waals surface area contributed by atoms with Crippen molar-refractivity contribution in [1.82, 2.24) is 15.2 Å². The largest absolute Gasteiger partial charge is 0.378 e. The van der Waals surface area contributed by atoms with Gasteiger partial charge in [-0.05, 0) is 35.2 Å².